The van der Waals surface area contributed by atoms with Gasteiger partial charge in [-0.05, 0) is 52.1 Å². The van der Waals surface area contributed by atoms with Gasteiger partial charge in [-0.15, -0.1) is 0 Å². The van der Waals surface area contributed by atoms with E-state index in [1.54, 1.807) is 0 Å². The second-order valence-corrected chi connectivity index (χ2v) is 8.35. The number of aliphatic hydroxyl groups excluding tert-OH is 1. The first-order chi connectivity index (χ1) is 13.1. The predicted octanol–water partition coefficient (Wildman–Crippen LogP) is 4.29. The molecule has 0 unspecified atom stereocenters. The lowest BCUT2D eigenvalue weighted by Crippen LogP contribution is -2.53. The molecule has 158 valence electrons. The first-order valence-corrected chi connectivity index (χ1v) is 10.3. The number of carbonyl (C=O) groups is 1. The maximum Gasteiger partial charge on any atom is 0.155 e. The molecule has 0 aromatic heterocycles. The number of rotatable bonds is 12. The van der Waals surface area contributed by atoms with Crippen LogP contribution < -0.4 is 0 Å². The SMILES string of the molecule is C/C(CC[C@@H](C)[C@@H](O)[C@@H](C(=O)C(C)C)N(C)C(C)C)=N\OCc1ccccc1. The normalized spacial score (nSPS) is 15.8. The zero-order chi connectivity index (χ0) is 21.3. The van der Waals surface area contributed by atoms with Crippen LogP contribution in [0.4, 0.5) is 0 Å². The molecule has 3 atom stereocenters. The minimum atomic E-state index is -0.708. The Balaban J connectivity index is 2.61. The molecule has 0 saturated heterocycles. The van der Waals surface area contributed by atoms with Crippen LogP contribution in [0, 0.1) is 11.8 Å². The third-order valence-corrected chi connectivity index (χ3v) is 5.28. The van der Waals surface area contributed by atoms with Crippen LogP contribution in [0.15, 0.2) is 35.5 Å². The fourth-order valence-corrected chi connectivity index (χ4v) is 3.03. The summed E-state index contributed by atoms with van der Waals surface area (Å²) in [4.78, 5) is 20.1. The van der Waals surface area contributed by atoms with Gasteiger partial charge in [0, 0.05) is 12.0 Å². The maximum atomic E-state index is 12.7. The number of Topliss-reactive ketones (excluding diaryl/α,β-unsaturated/α-hetero) is 1. The quantitative estimate of drug-likeness (QED) is 0.427. The van der Waals surface area contributed by atoms with E-state index < -0.39 is 12.1 Å². The van der Waals surface area contributed by atoms with Gasteiger partial charge >= 0.3 is 0 Å². The summed E-state index contributed by atoms with van der Waals surface area (Å²) in [6.07, 6.45) is 0.764. The Morgan fingerprint density at radius 2 is 1.75 bits per heavy atom. The van der Waals surface area contributed by atoms with Gasteiger partial charge in [-0.1, -0.05) is 56.3 Å². The highest BCUT2D eigenvalue weighted by molar-refractivity contribution is 5.86. The van der Waals surface area contributed by atoms with Crippen molar-refractivity contribution >= 4 is 11.5 Å². The van der Waals surface area contributed by atoms with Crippen molar-refractivity contribution in [2.45, 2.75) is 79.2 Å². The fourth-order valence-electron chi connectivity index (χ4n) is 3.03. The molecular weight excluding hydrogens is 352 g/mol. The number of ketones is 1. The number of aliphatic hydroxyl groups is 1. The summed E-state index contributed by atoms with van der Waals surface area (Å²) >= 11 is 0. The van der Waals surface area contributed by atoms with E-state index in [9.17, 15) is 9.90 Å². The minimum absolute atomic E-state index is 0.0202. The van der Waals surface area contributed by atoms with Crippen molar-refractivity contribution in [2.75, 3.05) is 7.05 Å². The molecule has 1 aromatic carbocycles. The van der Waals surface area contributed by atoms with E-state index in [1.165, 1.54) is 0 Å². The molecule has 0 radical (unpaired) electrons. The van der Waals surface area contributed by atoms with Gasteiger partial charge in [-0.2, -0.15) is 0 Å². The third kappa shape index (κ3) is 7.72. The Morgan fingerprint density at radius 3 is 2.29 bits per heavy atom. The lowest BCUT2D eigenvalue weighted by atomic mass is 9.86. The van der Waals surface area contributed by atoms with Crippen LogP contribution in [0.1, 0.15) is 59.9 Å². The average molecular weight is 391 g/mol. The van der Waals surface area contributed by atoms with Crippen molar-refractivity contribution < 1.29 is 14.7 Å². The van der Waals surface area contributed by atoms with Gasteiger partial charge in [0.1, 0.15) is 6.61 Å². The smallest absolute Gasteiger partial charge is 0.155 e. The lowest BCUT2D eigenvalue weighted by Gasteiger charge is -2.37. The first-order valence-electron chi connectivity index (χ1n) is 10.3. The Bertz CT molecular complexity index is 614. The third-order valence-electron chi connectivity index (χ3n) is 5.28. The molecule has 0 aliphatic rings. The summed E-state index contributed by atoms with van der Waals surface area (Å²) in [6.45, 7) is 12.2. The lowest BCUT2D eigenvalue weighted by molar-refractivity contribution is -0.133. The average Bonchev–Trinajstić information content (AvgIpc) is 2.66. The molecule has 0 amide bonds. The van der Waals surface area contributed by atoms with Crippen molar-refractivity contribution in [3.05, 3.63) is 35.9 Å². The van der Waals surface area contributed by atoms with Crippen LogP contribution in [0.2, 0.25) is 0 Å². The fraction of sp³-hybridized carbons (Fsp3) is 0.652. The van der Waals surface area contributed by atoms with Crippen molar-refractivity contribution in [3.8, 4) is 0 Å². The molecule has 0 heterocycles. The largest absolute Gasteiger partial charge is 0.391 e. The van der Waals surface area contributed by atoms with Gasteiger partial charge in [0.25, 0.3) is 0 Å². The van der Waals surface area contributed by atoms with E-state index in [4.69, 9.17) is 4.84 Å². The molecule has 1 N–H and O–H groups in total. The molecule has 0 aliphatic carbocycles. The molecule has 0 spiro atoms. The molecule has 0 saturated carbocycles. The summed E-state index contributed by atoms with van der Waals surface area (Å²) in [5.41, 5.74) is 1.97. The topological polar surface area (TPSA) is 62.1 Å². The number of likely N-dealkylation sites (N-methyl/N-ethyl adjacent to an activating group) is 1. The van der Waals surface area contributed by atoms with Crippen LogP contribution in [-0.2, 0) is 16.2 Å². The van der Waals surface area contributed by atoms with Gasteiger partial charge in [0.2, 0.25) is 0 Å². The summed E-state index contributed by atoms with van der Waals surface area (Å²) in [5.74, 6) is -0.0389. The van der Waals surface area contributed by atoms with Crippen molar-refractivity contribution in [1.82, 2.24) is 4.90 Å². The van der Waals surface area contributed by atoms with E-state index >= 15 is 0 Å². The zero-order valence-electron chi connectivity index (χ0n) is 18.6. The summed E-state index contributed by atoms with van der Waals surface area (Å²) in [6, 6.07) is 9.62. The van der Waals surface area contributed by atoms with Crippen molar-refractivity contribution in [1.29, 1.82) is 0 Å². The van der Waals surface area contributed by atoms with E-state index in [2.05, 4.69) is 5.16 Å². The number of carbonyl (C=O) groups excluding carboxylic acids is 1. The monoisotopic (exact) mass is 390 g/mol. The summed E-state index contributed by atoms with van der Waals surface area (Å²) in [7, 11) is 1.91. The van der Waals surface area contributed by atoms with Gasteiger partial charge in [0.15, 0.2) is 5.78 Å². The number of oxime groups is 1. The molecule has 0 aliphatic heterocycles. The van der Waals surface area contributed by atoms with Crippen LogP contribution in [0.5, 0.6) is 0 Å². The molecule has 1 rings (SSSR count). The Kier molecular flexibility index (Phi) is 10.4. The highest BCUT2D eigenvalue weighted by atomic mass is 16.6. The minimum Gasteiger partial charge on any atom is -0.391 e. The van der Waals surface area contributed by atoms with E-state index in [0.29, 0.717) is 6.61 Å². The van der Waals surface area contributed by atoms with Gasteiger partial charge in [0.05, 0.1) is 17.9 Å². The van der Waals surface area contributed by atoms with E-state index in [0.717, 1.165) is 24.1 Å². The van der Waals surface area contributed by atoms with Crippen LogP contribution in [0.3, 0.4) is 0 Å². The number of hydrogen-bond donors (Lipinski definition) is 1. The highest BCUT2D eigenvalue weighted by Gasteiger charge is 2.35. The molecular formula is C23H38N2O3. The molecule has 0 bridgehead atoms. The van der Waals surface area contributed by atoms with Crippen molar-refractivity contribution in [3.63, 3.8) is 0 Å². The first kappa shape index (κ1) is 24.3. The van der Waals surface area contributed by atoms with Crippen LogP contribution in [0.25, 0.3) is 0 Å². The standard InChI is InChI=1S/C23H38N2O3/c1-16(2)22(26)21(25(7)17(3)4)23(27)18(5)13-14-19(6)24-28-15-20-11-9-8-10-12-20/h8-12,16-18,21,23,27H,13-15H2,1-7H3/b24-19+/t18-,21-,23-/m1/s1. The summed E-state index contributed by atoms with van der Waals surface area (Å²) in [5, 5.41) is 15.1. The Morgan fingerprint density at radius 1 is 1.14 bits per heavy atom. The van der Waals surface area contributed by atoms with Crippen LogP contribution >= 0.6 is 0 Å². The second-order valence-electron chi connectivity index (χ2n) is 8.35. The van der Waals surface area contributed by atoms with Crippen LogP contribution in [-0.4, -0.2) is 46.7 Å². The molecule has 28 heavy (non-hydrogen) atoms. The number of hydrogen-bond acceptors (Lipinski definition) is 5. The number of nitrogens with zero attached hydrogens (tertiary/aromatic N) is 2. The van der Waals surface area contributed by atoms with E-state index in [1.807, 2.05) is 83.8 Å². The zero-order valence-corrected chi connectivity index (χ0v) is 18.6. The Labute approximate surface area is 170 Å². The van der Waals surface area contributed by atoms with Gasteiger partial charge in [-0.25, -0.2) is 0 Å². The van der Waals surface area contributed by atoms with E-state index in [-0.39, 0.29) is 23.7 Å². The predicted molar refractivity (Wildman–Crippen MR) is 115 cm³/mol. The Hall–Kier alpha value is -1.72. The molecule has 0 fully saturated rings. The molecule has 5 heteroatoms. The summed E-state index contributed by atoms with van der Waals surface area (Å²) < 4.78 is 0. The molecule has 1 aromatic rings. The van der Waals surface area contributed by atoms with Crippen molar-refractivity contribution in [2.24, 2.45) is 17.0 Å². The molecule has 5 nitrogen and oxygen atoms in total. The van der Waals surface area contributed by atoms with Gasteiger partial charge < -0.3 is 9.94 Å². The maximum absolute atomic E-state index is 12.7. The highest BCUT2D eigenvalue weighted by Crippen LogP contribution is 2.22. The second kappa shape index (κ2) is 12.0. The van der Waals surface area contributed by atoms with Gasteiger partial charge in [-0.3, -0.25) is 9.69 Å². The number of benzene rings is 1.